The molecule has 0 atom stereocenters. The Hall–Kier alpha value is -1.48. The highest BCUT2D eigenvalue weighted by atomic mass is 16.7. The molecule has 0 amide bonds. The molecular formula is C15H19NO2. The van der Waals surface area contributed by atoms with Crippen molar-refractivity contribution in [2.75, 3.05) is 13.3 Å². The normalized spacial score (nSPS) is 17.0. The standard InChI is InChI=1S/C15H19NO2/c1-2-5-12(4-1)8-9-16-10-13-6-3-7-14-15(13)18-11-17-14/h3-4,6-7,16H,1-2,5,8-11H2. The van der Waals surface area contributed by atoms with Gasteiger partial charge >= 0.3 is 0 Å². The van der Waals surface area contributed by atoms with E-state index in [9.17, 15) is 0 Å². The van der Waals surface area contributed by atoms with E-state index >= 15 is 0 Å². The van der Waals surface area contributed by atoms with E-state index in [2.05, 4.69) is 17.5 Å². The van der Waals surface area contributed by atoms with E-state index in [1.54, 1.807) is 5.57 Å². The van der Waals surface area contributed by atoms with Gasteiger partial charge in [-0.05, 0) is 38.3 Å². The van der Waals surface area contributed by atoms with Crippen LogP contribution < -0.4 is 14.8 Å². The van der Waals surface area contributed by atoms with Gasteiger partial charge in [0.15, 0.2) is 11.5 Å². The molecule has 0 saturated carbocycles. The molecule has 1 heterocycles. The van der Waals surface area contributed by atoms with Crippen molar-refractivity contribution < 1.29 is 9.47 Å². The Morgan fingerprint density at radius 1 is 1.22 bits per heavy atom. The highest BCUT2D eigenvalue weighted by Gasteiger charge is 2.16. The summed E-state index contributed by atoms with van der Waals surface area (Å²) in [6.45, 7) is 2.23. The number of hydrogen-bond acceptors (Lipinski definition) is 3. The fraction of sp³-hybridized carbons (Fsp3) is 0.467. The summed E-state index contributed by atoms with van der Waals surface area (Å²) in [4.78, 5) is 0. The maximum atomic E-state index is 5.49. The summed E-state index contributed by atoms with van der Waals surface area (Å²) in [7, 11) is 0. The minimum absolute atomic E-state index is 0.346. The van der Waals surface area contributed by atoms with Gasteiger partial charge in [0.1, 0.15) is 0 Å². The van der Waals surface area contributed by atoms with Crippen LogP contribution in [-0.4, -0.2) is 13.3 Å². The molecule has 1 aromatic rings. The van der Waals surface area contributed by atoms with Gasteiger partial charge in [-0.2, -0.15) is 0 Å². The Balaban J connectivity index is 1.50. The first-order chi connectivity index (χ1) is 8.93. The first-order valence-corrected chi connectivity index (χ1v) is 6.69. The summed E-state index contributed by atoms with van der Waals surface area (Å²) >= 11 is 0. The lowest BCUT2D eigenvalue weighted by molar-refractivity contribution is 0.173. The smallest absolute Gasteiger partial charge is 0.231 e. The quantitative estimate of drug-likeness (QED) is 0.639. The first-order valence-electron chi connectivity index (χ1n) is 6.69. The molecule has 18 heavy (non-hydrogen) atoms. The van der Waals surface area contributed by atoms with Crippen LogP contribution in [0.4, 0.5) is 0 Å². The first kappa shape index (κ1) is 11.6. The fourth-order valence-electron chi connectivity index (χ4n) is 2.57. The molecule has 3 rings (SSSR count). The molecule has 1 N–H and O–H groups in total. The van der Waals surface area contributed by atoms with Gasteiger partial charge in [0.2, 0.25) is 6.79 Å². The van der Waals surface area contributed by atoms with E-state index in [0.717, 1.165) is 24.6 Å². The van der Waals surface area contributed by atoms with Gasteiger partial charge in [0.05, 0.1) is 0 Å². The van der Waals surface area contributed by atoms with Gasteiger partial charge in [0, 0.05) is 12.1 Å². The minimum atomic E-state index is 0.346. The topological polar surface area (TPSA) is 30.5 Å². The lowest BCUT2D eigenvalue weighted by Crippen LogP contribution is -2.15. The van der Waals surface area contributed by atoms with Crippen molar-refractivity contribution in [3.63, 3.8) is 0 Å². The number of benzene rings is 1. The van der Waals surface area contributed by atoms with E-state index < -0.39 is 0 Å². The van der Waals surface area contributed by atoms with Crippen LogP contribution in [0.15, 0.2) is 29.8 Å². The third-order valence-electron chi connectivity index (χ3n) is 3.55. The van der Waals surface area contributed by atoms with Gasteiger partial charge in [-0.25, -0.2) is 0 Å². The van der Waals surface area contributed by atoms with Crippen LogP contribution in [-0.2, 0) is 6.54 Å². The summed E-state index contributed by atoms with van der Waals surface area (Å²) in [6.07, 6.45) is 7.46. The Kier molecular flexibility index (Phi) is 3.51. The predicted octanol–water partition coefficient (Wildman–Crippen LogP) is 3.01. The lowest BCUT2D eigenvalue weighted by Gasteiger charge is -2.08. The van der Waals surface area contributed by atoms with Gasteiger partial charge in [0.25, 0.3) is 0 Å². The number of rotatable bonds is 5. The summed E-state index contributed by atoms with van der Waals surface area (Å²) in [5.41, 5.74) is 2.80. The SMILES string of the molecule is C1=C(CCNCc2cccc3c2OCO3)CCC1. The average molecular weight is 245 g/mol. The van der Waals surface area contributed by atoms with Crippen molar-refractivity contribution in [3.8, 4) is 11.5 Å². The number of hydrogen-bond donors (Lipinski definition) is 1. The number of para-hydroxylation sites is 1. The molecule has 96 valence electrons. The summed E-state index contributed by atoms with van der Waals surface area (Å²) in [5.74, 6) is 1.78. The second-order valence-electron chi connectivity index (χ2n) is 4.83. The second-order valence-corrected chi connectivity index (χ2v) is 4.83. The number of ether oxygens (including phenoxy) is 2. The molecular weight excluding hydrogens is 226 g/mol. The molecule has 0 aromatic heterocycles. The molecule has 0 spiro atoms. The van der Waals surface area contributed by atoms with E-state index in [4.69, 9.17) is 9.47 Å². The molecule has 2 aliphatic rings. The summed E-state index contributed by atoms with van der Waals surface area (Å²) < 4.78 is 10.9. The maximum absolute atomic E-state index is 5.49. The zero-order chi connectivity index (χ0) is 12.2. The van der Waals surface area contributed by atoms with E-state index in [-0.39, 0.29) is 0 Å². The molecule has 0 radical (unpaired) electrons. The predicted molar refractivity (Wildman–Crippen MR) is 70.8 cm³/mol. The fourth-order valence-corrected chi connectivity index (χ4v) is 2.57. The summed E-state index contributed by atoms with van der Waals surface area (Å²) in [6, 6.07) is 6.06. The van der Waals surface area contributed by atoms with Gasteiger partial charge in [-0.15, -0.1) is 0 Å². The molecule has 0 saturated heterocycles. The average Bonchev–Trinajstić information content (AvgIpc) is 3.05. The third kappa shape index (κ3) is 2.51. The van der Waals surface area contributed by atoms with Crippen molar-refractivity contribution in [3.05, 3.63) is 35.4 Å². The van der Waals surface area contributed by atoms with Crippen LogP contribution in [0.2, 0.25) is 0 Å². The number of fused-ring (bicyclic) bond motifs is 1. The monoisotopic (exact) mass is 245 g/mol. The van der Waals surface area contributed by atoms with E-state index in [1.807, 2.05) is 12.1 Å². The summed E-state index contributed by atoms with van der Waals surface area (Å²) in [5, 5.41) is 3.48. The van der Waals surface area contributed by atoms with E-state index in [0.29, 0.717) is 6.79 Å². The maximum Gasteiger partial charge on any atom is 0.231 e. The van der Waals surface area contributed by atoms with Crippen LogP contribution >= 0.6 is 0 Å². The van der Waals surface area contributed by atoms with Gasteiger partial charge < -0.3 is 14.8 Å². The molecule has 3 heteroatoms. The van der Waals surface area contributed by atoms with Crippen molar-refractivity contribution >= 4 is 0 Å². The number of nitrogens with one attached hydrogen (secondary N) is 1. The molecule has 0 fully saturated rings. The van der Waals surface area contributed by atoms with Crippen LogP contribution in [0.1, 0.15) is 31.2 Å². The molecule has 1 aliphatic heterocycles. The molecule has 0 unspecified atom stereocenters. The zero-order valence-corrected chi connectivity index (χ0v) is 10.6. The number of allylic oxidation sites excluding steroid dienone is 1. The van der Waals surface area contributed by atoms with Crippen LogP contribution in [0.3, 0.4) is 0 Å². The Labute approximate surface area is 108 Å². The third-order valence-corrected chi connectivity index (χ3v) is 3.55. The lowest BCUT2D eigenvalue weighted by atomic mass is 10.1. The van der Waals surface area contributed by atoms with Crippen LogP contribution in [0.5, 0.6) is 11.5 Å². The molecule has 0 bridgehead atoms. The Morgan fingerprint density at radius 2 is 2.22 bits per heavy atom. The minimum Gasteiger partial charge on any atom is -0.454 e. The zero-order valence-electron chi connectivity index (χ0n) is 10.6. The van der Waals surface area contributed by atoms with Crippen molar-refractivity contribution in [2.45, 2.75) is 32.2 Å². The largest absolute Gasteiger partial charge is 0.454 e. The van der Waals surface area contributed by atoms with Crippen molar-refractivity contribution in [1.82, 2.24) is 5.32 Å². The second kappa shape index (κ2) is 5.44. The highest BCUT2D eigenvalue weighted by molar-refractivity contribution is 5.48. The van der Waals surface area contributed by atoms with Gasteiger partial charge in [-0.1, -0.05) is 23.8 Å². The Morgan fingerprint density at radius 3 is 3.11 bits per heavy atom. The highest BCUT2D eigenvalue weighted by Crippen LogP contribution is 2.35. The van der Waals surface area contributed by atoms with Crippen molar-refractivity contribution in [2.24, 2.45) is 0 Å². The van der Waals surface area contributed by atoms with Gasteiger partial charge in [-0.3, -0.25) is 0 Å². The Bertz CT molecular complexity index is 454. The van der Waals surface area contributed by atoms with Crippen LogP contribution in [0.25, 0.3) is 0 Å². The molecule has 3 nitrogen and oxygen atoms in total. The van der Waals surface area contributed by atoms with E-state index in [1.165, 1.54) is 31.2 Å². The molecule has 1 aromatic carbocycles. The van der Waals surface area contributed by atoms with Crippen LogP contribution in [0, 0.1) is 0 Å². The van der Waals surface area contributed by atoms with Crippen molar-refractivity contribution in [1.29, 1.82) is 0 Å². The molecule has 1 aliphatic carbocycles.